The number of imidazole rings is 1. The van der Waals surface area contributed by atoms with E-state index in [0.717, 1.165) is 18.0 Å². The van der Waals surface area contributed by atoms with E-state index >= 15 is 0 Å². The second-order valence-corrected chi connectivity index (χ2v) is 6.96. The van der Waals surface area contributed by atoms with Gasteiger partial charge in [0.25, 0.3) is 11.4 Å². The van der Waals surface area contributed by atoms with Gasteiger partial charge in [0.05, 0.1) is 31.7 Å². The summed E-state index contributed by atoms with van der Waals surface area (Å²) in [6.45, 7) is 0. The van der Waals surface area contributed by atoms with Crippen molar-refractivity contribution >= 4 is 45.8 Å². The number of anilines is 1. The maximum atomic E-state index is 12.3. The van der Waals surface area contributed by atoms with Crippen LogP contribution in [0.5, 0.6) is 0 Å². The summed E-state index contributed by atoms with van der Waals surface area (Å²) in [6.07, 6.45) is 1.08. The molecule has 1 amide bonds. The second kappa shape index (κ2) is 7.71. The minimum Gasteiger partial charge on any atom is -0.320 e. The number of aryl methyl sites for hydroxylation is 2. The van der Waals surface area contributed by atoms with E-state index < -0.39 is 15.8 Å². The number of pyridine rings is 1. The van der Waals surface area contributed by atoms with Crippen LogP contribution in [0.3, 0.4) is 0 Å². The zero-order valence-electron chi connectivity index (χ0n) is 15.2. The molecule has 0 spiro atoms. The number of aromatic nitrogens is 3. The van der Waals surface area contributed by atoms with Crippen LogP contribution in [-0.4, -0.2) is 35.6 Å². The van der Waals surface area contributed by atoms with Gasteiger partial charge in [-0.05, 0) is 12.1 Å². The van der Waals surface area contributed by atoms with Gasteiger partial charge in [-0.25, -0.2) is 9.78 Å². The highest BCUT2D eigenvalue weighted by molar-refractivity contribution is 7.99. The largest absolute Gasteiger partial charge is 0.328 e. The Hall–Kier alpha value is -3.74. The van der Waals surface area contributed by atoms with Gasteiger partial charge in [-0.2, -0.15) is 0 Å². The molecule has 3 rings (SSSR count). The molecule has 150 valence electrons. The van der Waals surface area contributed by atoms with Crippen LogP contribution in [0.2, 0.25) is 0 Å². The molecule has 0 unspecified atom stereocenters. The standard InChI is InChI=1S/C16H14N6O6S/c1-19-12-5-10(11(22(27)28)6-13(12)20(2)16(19)24)18-14(23)8-29-15-4-3-9(7-17-15)21(25)26/h3-7H,8H2,1-2H3,(H,18,23). The monoisotopic (exact) mass is 418 g/mol. The summed E-state index contributed by atoms with van der Waals surface area (Å²) in [6, 6.07) is 5.28. The van der Waals surface area contributed by atoms with E-state index in [1.807, 2.05) is 0 Å². The number of carbonyl (C=O) groups is 1. The summed E-state index contributed by atoms with van der Waals surface area (Å²) in [5.74, 6) is -0.646. The maximum Gasteiger partial charge on any atom is 0.328 e. The number of hydrogen-bond donors (Lipinski definition) is 1. The van der Waals surface area contributed by atoms with Crippen LogP contribution < -0.4 is 11.0 Å². The fourth-order valence-corrected chi connectivity index (χ4v) is 3.32. The fraction of sp³-hybridized carbons (Fsp3) is 0.188. The van der Waals surface area contributed by atoms with Gasteiger partial charge < -0.3 is 5.32 Å². The minimum atomic E-state index is -0.641. The molecular formula is C16H14N6O6S. The SMILES string of the molecule is Cn1c(=O)n(C)c2cc([N+](=O)[O-])c(NC(=O)CSc3ccc([N+](=O)[O-])cn3)cc21. The highest BCUT2D eigenvalue weighted by atomic mass is 32.2. The molecular weight excluding hydrogens is 404 g/mol. The van der Waals surface area contributed by atoms with Crippen LogP contribution in [-0.2, 0) is 18.9 Å². The molecule has 13 heteroatoms. The second-order valence-electron chi connectivity index (χ2n) is 5.96. The predicted octanol–water partition coefficient (Wildman–Crippen LogP) is 1.82. The molecule has 0 aliphatic rings. The van der Waals surface area contributed by atoms with Crippen LogP contribution in [0.4, 0.5) is 17.1 Å². The fourth-order valence-electron chi connectivity index (χ4n) is 2.68. The lowest BCUT2D eigenvalue weighted by Gasteiger charge is -2.07. The number of hydrogen-bond acceptors (Lipinski definition) is 8. The lowest BCUT2D eigenvalue weighted by Crippen LogP contribution is -2.19. The topological polar surface area (TPSA) is 155 Å². The van der Waals surface area contributed by atoms with Crippen LogP contribution in [0.1, 0.15) is 0 Å². The average molecular weight is 418 g/mol. The summed E-state index contributed by atoms with van der Waals surface area (Å²) in [5.41, 5.74) is -0.0972. The Balaban J connectivity index is 1.81. The number of thioether (sulfide) groups is 1. The molecule has 0 atom stereocenters. The van der Waals surface area contributed by atoms with Crippen molar-refractivity contribution in [1.82, 2.24) is 14.1 Å². The van der Waals surface area contributed by atoms with Crippen LogP contribution in [0.25, 0.3) is 11.0 Å². The van der Waals surface area contributed by atoms with Crippen LogP contribution in [0, 0.1) is 20.2 Å². The van der Waals surface area contributed by atoms with E-state index in [2.05, 4.69) is 10.3 Å². The Morgan fingerprint density at radius 3 is 2.34 bits per heavy atom. The summed E-state index contributed by atoms with van der Waals surface area (Å²) < 4.78 is 2.61. The number of nitro benzene ring substituents is 1. The smallest absolute Gasteiger partial charge is 0.320 e. The quantitative estimate of drug-likeness (QED) is 0.361. The van der Waals surface area contributed by atoms with E-state index in [0.29, 0.717) is 16.1 Å². The molecule has 29 heavy (non-hydrogen) atoms. The summed E-state index contributed by atoms with van der Waals surface area (Å²) in [7, 11) is 3.03. The van der Waals surface area contributed by atoms with Crippen LogP contribution in [0.15, 0.2) is 40.3 Å². The Labute approximate surface area is 166 Å². The molecule has 2 aromatic heterocycles. The van der Waals surface area contributed by atoms with Gasteiger partial charge in [-0.1, -0.05) is 11.8 Å². The number of nitrogens with zero attached hydrogens (tertiary/aromatic N) is 5. The van der Waals surface area contributed by atoms with Crippen molar-refractivity contribution in [1.29, 1.82) is 0 Å². The number of carbonyl (C=O) groups excluding carboxylic acids is 1. The van der Waals surface area contributed by atoms with Crippen molar-refractivity contribution in [2.24, 2.45) is 14.1 Å². The third-order valence-electron chi connectivity index (χ3n) is 4.14. The zero-order valence-corrected chi connectivity index (χ0v) is 16.0. The highest BCUT2D eigenvalue weighted by Crippen LogP contribution is 2.30. The van der Waals surface area contributed by atoms with Crippen molar-refractivity contribution in [2.45, 2.75) is 5.03 Å². The van der Waals surface area contributed by atoms with E-state index in [9.17, 15) is 29.8 Å². The lowest BCUT2D eigenvalue weighted by atomic mass is 10.2. The van der Waals surface area contributed by atoms with Gasteiger partial charge in [0.15, 0.2) is 0 Å². The maximum absolute atomic E-state index is 12.3. The molecule has 3 aromatic rings. The molecule has 0 radical (unpaired) electrons. The number of benzene rings is 1. The Kier molecular flexibility index (Phi) is 5.32. The third-order valence-corrected chi connectivity index (χ3v) is 5.09. The number of fused-ring (bicyclic) bond motifs is 1. The molecule has 0 fully saturated rings. The van der Waals surface area contributed by atoms with E-state index in [1.165, 1.54) is 47.5 Å². The first-order valence-corrected chi connectivity index (χ1v) is 9.04. The number of nitro groups is 2. The van der Waals surface area contributed by atoms with Crippen molar-refractivity contribution in [2.75, 3.05) is 11.1 Å². The van der Waals surface area contributed by atoms with E-state index in [-0.39, 0.29) is 28.5 Å². The molecule has 0 bridgehead atoms. The average Bonchev–Trinajstić information content (AvgIpc) is 2.89. The van der Waals surface area contributed by atoms with Crippen LogP contribution >= 0.6 is 11.8 Å². The number of amides is 1. The first-order chi connectivity index (χ1) is 13.7. The molecule has 1 aromatic carbocycles. The Morgan fingerprint density at radius 1 is 1.14 bits per heavy atom. The van der Waals surface area contributed by atoms with Gasteiger partial charge >= 0.3 is 5.69 Å². The predicted molar refractivity (Wildman–Crippen MR) is 105 cm³/mol. The molecule has 1 N–H and O–H groups in total. The van der Waals surface area contributed by atoms with Crippen molar-refractivity contribution < 1.29 is 14.6 Å². The highest BCUT2D eigenvalue weighted by Gasteiger charge is 2.21. The number of rotatable bonds is 6. The molecule has 0 saturated carbocycles. The Bertz CT molecular complexity index is 1200. The number of nitrogens with one attached hydrogen (secondary N) is 1. The van der Waals surface area contributed by atoms with Gasteiger partial charge in [0.2, 0.25) is 5.91 Å². The van der Waals surface area contributed by atoms with Gasteiger partial charge in [0, 0.05) is 26.2 Å². The third kappa shape index (κ3) is 3.94. The van der Waals surface area contributed by atoms with Gasteiger partial charge in [-0.3, -0.25) is 34.2 Å². The van der Waals surface area contributed by atoms with E-state index in [1.54, 1.807) is 0 Å². The molecule has 0 saturated heterocycles. The lowest BCUT2D eigenvalue weighted by molar-refractivity contribution is -0.385. The summed E-state index contributed by atoms with van der Waals surface area (Å²) in [4.78, 5) is 49.0. The van der Waals surface area contributed by atoms with Crippen molar-refractivity contribution in [3.05, 3.63) is 61.2 Å². The van der Waals surface area contributed by atoms with Crippen molar-refractivity contribution in [3.63, 3.8) is 0 Å². The van der Waals surface area contributed by atoms with Gasteiger partial charge in [0.1, 0.15) is 11.9 Å². The first-order valence-electron chi connectivity index (χ1n) is 8.06. The molecule has 0 aliphatic heterocycles. The molecule has 0 aliphatic carbocycles. The first kappa shape index (κ1) is 20.0. The normalized spacial score (nSPS) is 10.8. The van der Waals surface area contributed by atoms with Crippen molar-refractivity contribution in [3.8, 4) is 0 Å². The molecule has 12 nitrogen and oxygen atoms in total. The summed E-state index contributed by atoms with van der Waals surface area (Å²) >= 11 is 1.02. The Morgan fingerprint density at radius 2 is 1.79 bits per heavy atom. The zero-order chi connectivity index (χ0) is 21.3. The van der Waals surface area contributed by atoms with Gasteiger partial charge in [-0.15, -0.1) is 0 Å². The molecule has 2 heterocycles. The summed E-state index contributed by atoms with van der Waals surface area (Å²) in [5, 5.41) is 24.9. The van der Waals surface area contributed by atoms with E-state index in [4.69, 9.17) is 0 Å². The minimum absolute atomic E-state index is 0.0361.